The molecule has 1 unspecified atom stereocenters. The lowest BCUT2D eigenvalue weighted by Gasteiger charge is -2.32. The highest BCUT2D eigenvalue weighted by atomic mass is 127. The van der Waals surface area contributed by atoms with E-state index in [0.29, 0.717) is 24.7 Å². The second-order valence-electron chi connectivity index (χ2n) is 6.82. The van der Waals surface area contributed by atoms with Crippen LogP contribution in [-0.2, 0) is 10.0 Å². The molecule has 0 aliphatic carbocycles. The van der Waals surface area contributed by atoms with E-state index in [4.69, 9.17) is 16.3 Å². The predicted molar refractivity (Wildman–Crippen MR) is 130 cm³/mol. The molecule has 0 spiro atoms. The van der Waals surface area contributed by atoms with E-state index < -0.39 is 10.0 Å². The lowest BCUT2D eigenvalue weighted by molar-refractivity contribution is 0.230. The van der Waals surface area contributed by atoms with E-state index in [1.165, 1.54) is 0 Å². The zero-order chi connectivity index (χ0) is 20.6. The molecule has 1 heterocycles. The number of piperidine rings is 1. The molecular formula is C19H32ClIN4O3S. The highest BCUT2D eigenvalue weighted by Crippen LogP contribution is 2.18. The summed E-state index contributed by atoms with van der Waals surface area (Å²) in [6.45, 7) is 7.98. The number of aliphatic imine (C=N–C) groups is 1. The minimum absolute atomic E-state index is 0. The maximum Gasteiger partial charge on any atom is 0.213 e. The van der Waals surface area contributed by atoms with Crippen LogP contribution in [0, 0.1) is 0 Å². The van der Waals surface area contributed by atoms with Gasteiger partial charge in [-0.15, -0.1) is 24.0 Å². The molecule has 2 N–H and O–H groups in total. The van der Waals surface area contributed by atoms with E-state index in [2.05, 4.69) is 15.6 Å². The molecule has 1 aromatic rings. The van der Waals surface area contributed by atoms with Crippen molar-refractivity contribution in [2.24, 2.45) is 4.99 Å². The molecule has 1 saturated heterocycles. The SMILES string of the molecule is CCNC(=NCC(C)Oc1cccc(Cl)c1)NC1CCN(S(=O)(=O)CC)CC1.I. The zero-order valence-electron chi connectivity index (χ0n) is 17.2. The van der Waals surface area contributed by atoms with Crippen molar-refractivity contribution in [2.45, 2.75) is 45.8 Å². The van der Waals surface area contributed by atoms with Gasteiger partial charge in [0.05, 0.1) is 12.3 Å². The quantitative estimate of drug-likeness (QED) is 0.291. The van der Waals surface area contributed by atoms with E-state index in [1.54, 1.807) is 17.3 Å². The van der Waals surface area contributed by atoms with Crippen LogP contribution in [0.25, 0.3) is 0 Å². The minimum Gasteiger partial charge on any atom is -0.489 e. The third-order valence-corrected chi connectivity index (χ3v) is 6.65. The Morgan fingerprint density at radius 2 is 2.03 bits per heavy atom. The number of hydrogen-bond donors (Lipinski definition) is 2. The molecule has 7 nitrogen and oxygen atoms in total. The van der Waals surface area contributed by atoms with Gasteiger partial charge in [0.1, 0.15) is 11.9 Å². The summed E-state index contributed by atoms with van der Waals surface area (Å²) in [6.07, 6.45) is 1.42. The molecule has 166 valence electrons. The van der Waals surface area contributed by atoms with Crippen molar-refractivity contribution >= 4 is 51.6 Å². The maximum atomic E-state index is 12.0. The summed E-state index contributed by atoms with van der Waals surface area (Å²) in [5.74, 6) is 1.60. The van der Waals surface area contributed by atoms with Gasteiger partial charge in [-0.2, -0.15) is 0 Å². The van der Waals surface area contributed by atoms with Crippen LogP contribution < -0.4 is 15.4 Å². The van der Waals surface area contributed by atoms with Gasteiger partial charge in [0.15, 0.2) is 5.96 Å². The molecular weight excluding hydrogens is 527 g/mol. The number of hydrogen-bond acceptors (Lipinski definition) is 4. The van der Waals surface area contributed by atoms with Crippen LogP contribution in [0.4, 0.5) is 0 Å². The van der Waals surface area contributed by atoms with Crippen LogP contribution in [0.2, 0.25) is 5.02 Å². The van der Waals surface area contributed by atoms with E-state index in [9.17, 15) is 8.42 Å². The monoisotopic (exact) mass is 558 g/mol. The Morgan fingerprint density at radius 3 is 2.62 bits per heavy atom. The molecule has 1 aliphatic heterocycles. The fourth-order valence-corrected chi connectivity index (χ4v) is 4.32. The Labute approximate surface area is 196 Å². The van der Waals surface area contributed by atoms with E-state index in [-0.39, 0.29) is 41.9 Å². The number of guanidine groups is 1. The zero-order valence-corrected chi connectivity index (χ0v) is 21.1. The number of sulfonamides is 1. The summed E-state index contributed by atoms with van der Waals surface area (Å²) in [5, 5.41) is 7.30. The van der Waals surface area contributed by atoms with E-state index in [1.807, 2.05) is 32.0 Å². The lowest BCUT2D eigenvalue weighted by Crippen LogP contribution is -2.50. The molecule has 0 aromatic heterocycles. The third-order valence-electron chi connectivity index (χ3n) is 4.54. The normalized spacial score (nSPS) is 17.3. The molecule has 0 amide bonds. The Morgan fingerprint density at radius 1 is 1.34 bits per heavy atom. The van der Waals surface area contributed by atoms with E-state index >= 15 is 0 Å². The van der Waals surface area contributed by atoms with E-state index in [0.717, 1.165) is 31.1 Å². The van der Waals surface area contributed by atoms with Crippen molar-refractivity contribution in [3.8, 4) is 5.75 Å². The van der Waals surface area contributed by atoms with Crippen molar-refractivity contribution in [1.29, 1.82) is 0 Å². The van der Waals surface area contributed by atoms with Crippen LogP contribution in [0.3, 0.4) is 0 Å². The van der Waals surface area contributed by atoms with Gasteiger partial charge < -0.3 is 15.4 Å². The Balaban J connectivity index is 0.00000420. The first-order valence-electron chi connectivity index (χ1n) is 9.79. The average molecular weight is 559 g/mol. The summed E-state index contributed by atoms with van der Waals surface area (Å²) in [6, 6.07) is 7.51. The first-order chi connectivity index (χ1) is 13.3. The second kappa shape index (κ2) is 12.8. The van der Waals surface area contributed by atoms with Gasteiger partial charge >= 0.3 is 0 Å². The molecule has 10 heteroatoms. The first-order valence-corrected chi connectivity index (χ1v) is 11.8. The number of nitrogens with zero attached hydrogens (tertiary/aromatic N) is 2. The number of benzene rings is 1. The standard InChI is InChI=1S/C19H31ClN4O3S.HI/c1-4-21-19(22-14-15(3)27-18-8-6-7-16(20)13-18)23-17-9-11-24(12-10-17)28(25,26)5-2;/h6-8,13,15,17H,4-5,9-12,14H2,1-3H3,(H2,21,22,23);1H. The second-order valence-corrected chi connectivity index (χ2v) is 9.52. The fraction of sp³-hybridized carbons (Fsp3) is 0.632. The topological polar surface area (TPSA) is 83.0 Å². The highest BCUT2D eigenvalue weighted by Gasteiger charge is 2.27. The molecule has 0 saturated carbocycles. The largest absolute Gasteiger partial charge is 0.489 e. The van der Waals surface area contributed by atoms with Gasteiger partial charge in [-0.3, -0.25) is 0 Å². The molecule has 1 aromatic carbocycles. The molecule has 0 bridgehead atoms. The Hall–Kier alpha value is -0.780. The fourth-order valence-electron chi connectivity index (χ4n) is 3.00. The van der Waals surface area contributed by atoms with Crippen molar-refractivity contribution in [1.82, 2.24) is 14.9 Å². The Bertz CT molecular complexity index is 756. The van der Waals surface area contributed by atoms with Crippen LogP contribution in [-0.4, -0.2) is 62.8 Å². The van der Waals surface area contributed by atoms with Crippen molar-refractivity contribution in [3.63, 3.8) is 0 Å². The third kappa shape index (κ3) is 8.85. The van der Waals surface area contributed by atoms with Crippen molar-refractivity contribution in [2.75, 3.05) is 31.9 Å². The number of rotatable bonds is 8. The summed E-state index contributed by atoms with van der Waals surface area (Å²) >= 11 is 5.98. The van der Waals surface area contributed by atoms with Gasteiger partial charge in [0, 0.05) is 30.7 Å². The Kier molecular flexibility index (Phi) is 11.6. The van der Waals surface area contributed by atoms with Crippen molar-refractivity contribution in [3.05, 3.63) is 29.3 Å². The number of halogens is 2. The molecule has 1 atom stereocenters. The first kappa shape index (κ1) is 26.3. The summed E-state index contributed by atoms with van der Waals surface area (Å²) in [7, 11) is -3.10. The van der Waals surface area contributed by atoms with Crippen LogP contribution in [0.5, 0.6) is 5.75 Å². The number of ether oxygens (including phenoxy) is 1. The summed E-state index contributed by atoms with van der Waals surface area (Å²) in [5.41, 5.74) is 0. The average Bonchev–Trinajstić information content (AvgIpc) is 2.67. The summed E-state index contributed by atoms with van der Waals surface area (Å²) in [4.78, 5) is 4.61. The summed E-state index contributed by atoms with van der Waals surface area (Å²) < 4.78 is 31.4. The molecule has 1 fully saturated rings. The van der Waals surface area contributed by atoms with Crippen LogP contribution in [0.15, 0.2) is 29.3 Å². The van der Waals surface area contributed by atoms with Gasteiger partial charge in [-0.25, -0.2) is 17.7 Å². The highest BCUT2D eigenvalue weighted by molar-refractivity contribution is 14.0. The van der Waals surface area contributed by atoms with Gasteiger partial charge in [-0.05, 0) is 51.8 Å². The predicted octanol–water partition coefficient (Wildman–Crippen LogP) is 3.09. The lowest BCUT2D eigenvalue weighted by atomic mass is 10.1. The van der Waals surface area contributed by atoms with Gasteiger partial charge in [0.2, 0.25) is 10.0 Å². The molecule has 29 heavy (non-hydrogen) atoms. The molecule has 2 rings (SSSR count). The van der Waals surface area contributed by atoms with Crippen LogP contribution >= 0.6 is 35.6 Å². The van der Waals surface area contributed by atoms with Gasteiger partial charge in [0.25, 0.3) is 0 Å². The smallest absolute Gasteiger partial charge is 0.213 e. The molecule has 1 aliphatic rings. The van der Waals surface area contributed by atoms with Crippen molar-refractivity contribution < 1.29 is 13.2 Å². The number of nitrogens with one attached hydrogen (secondary N) is 2. The van der Waals surface area contributed by atoms with Crippen LogP contribution in [0.1, 0.15) is 33.6 Å². The van der Waals surface area contributed by atoms with Gasteiger partial charge in [-0.1, -0.05) is 17.7 Å². The minimum atomic E-state index is -3.10. The maximum absolute atomic E-state index is 12.0. The molecule has 0 radical (unpaired) electrons.